The van der Waals surface area contributed by atoms with Crippen molar-refractivity contribution in [3.8, 4) is 0 Å². The Hall–Kier alpha value is -1.34. The van der Waals surface area contributed by atoms with Crippen LogP contribution in [0, 0.1) is 11.6 Å². The van der Waals surface area contributed by atoms with E-state index in [4.69, 9.17) is 0 Å². The van der Waals surface area contributed by atoms with E-state index < -0.39 is 21.5 Å². The molecule has 7 heteroatoms. The summed E-state index contributed by atoms with van der Waals surface area (Å²) in [6, 6.07) is 2.73. The third-order valence-corrected chi connectivity index (χ3v) is 4.89. The first kappa shape index (κ1) is 15.1. The van der Waals surface area contributed by atoms with Crippen molar-refractivity contribution in [3.63, 3.8) is 0 Å². The number of carbonyl (C=O) groups excluding carboxylic acids is 1. The molecule has 1 aromatic carbocycles. The van der Waals surface area contributed by atoms with Crippen LogP contribution in [0.3, 0.4) is 0 Å². The van der Waals surface area contributed by atoms with Crippen LogP contribution in [0.5, 0.6) is 0 Å². The highest BCUT2D eigenvalue weighted by molar-refractivity contribution is 7.91. The molecule has 0 aromatic heterocycles. The van der Waals surface area contributed by atoms with E-state index in [0.717, 1.165) is 12.1 Å². The summed E-state index contributed by atoms with van der Waals surface area (Å²) in [5.41, 5.74) is 0.00660. The second kappa shape index (κ2) is 5.97. The minimum absolute atomic E-state index is 0.00660. The lowest BCUT2D eigenvalue weighted by atomic mass is 10.1. The molecular weight excluding hydrogens is 288 g/mol. The summed E-state index contributed by atoms with van der Waals surface area (Å²) < 4.78 is 48.5. The number of halogens is 2. The van der Waals surface area contributed by atoms with Crippen molar-refractivity contribution in [2.45, 2.75) is 6.42 Å². The fraction of sp³-hybridized carbons (Fsp3) is 0.462. The van der Waals surface area contributed by atoms with Crippen LogP contribution in [0.2, 0.25) is 0 Å². The van der Waals surface area contributed by atoms with Gasteiger partial charge in [0.15, 0.2) is 15.6 Å². The van der Waals surface area contributed by atoms with Crippen LogP contribution in [0.25, 0.3) is 0 Å². The van der Waals surface area contributed by atoms with Gasteiger partial charge in [0.25, 0.3) is 0 Å². The summed E-state index contributed by atoms with van der Waals surface area (Å²) in [6.45, 7) is 1.19. The van der Waals surface area contributed by atoms with Crippen molar-refractivity contribution in [1.82, 2.24) is 4.90 Å². The molecule has 1 aliphatic rings. The minimum atomic E-state index is -2.94. The van der Waals surface area contributed by atoms with E-state index in [-0.39, 0.29) is 29.3 Å². The summed E-state index contributed by atoms with van der Waals surface area (Å²) in [5, 5.41) is 0. The Morgan fingerprint density at radius 3 is 2.20 bits per heavy atom. The largest absolute Gasteiger partial charge is 0.301 e. The van der Waals surface area contributed by atoms with Crippen molar-refractivity contribution in [1.29, 1.82) is 0 Å². The highest BCUT2D eigenvalue weighted by Crippen LogP contribution is 2.11. The maximum absolute atomic E-state index is 13.0. The zero-order valence-electron chi connectivity index (χ0n) is 10.8. The highest BCUT2D eigenvalue weighted by atomic mass is 32.2. The molecule has 1 aromatic rings. The van der Waals surface area contributed by atoms with E-state index in [1.807, 2.05) is 4.90 Å². The van der Waals surface area contributed by atoms with Gasteiger partial charge in [-0.25, -0.2) is 17.2 Å². The summed E-state index contributed by atoms with van der Waals surface area (Å²) in [6.07, 6.45) is 0.114. The maximum Gasteiger partial charge on any atom is 0.164 e. The van der Waals surface area contributed by atoms with Crippen LogP contribution in [-0.4, -0.2) is 50.2 Å². The number of sulfone groups is 1. The molecule has 0 aliphatic carbocycles. The van der Waals surface area contributed by atoms with Crippen molar-refractivity contribution in [2.75, 3.05) is 31.1 Å². The lowest BCUT2D eigenvalue weighted by Gasteiger charge is -2.26. The summed E-state index contributed by atoms with van der Waals surface area (Å²) in [5.74, 6) is -1.72. The number of rotatable bonds is 4. The lowest BCUT2D eigenvalue weighted by Crippen LogP contribution is -2.41. The molecule has 0 spiro atoms. The van der Waals surface area contributed by atoms with Gasteiger partial charge >= 0.3 is 0 Å². The van der Waals surface area contributed by atoms with E-state index in [2.05, 4.69) is 0 Å². The Morgan fingerprint density at radius 1 is 1.10 bits per heavy atom. The molecule has 1 fully saturated rings. The lowest BCUT2D eigenvalue weighted by molar-refractivity contribution is 0.0965. The average molecular weight is 303 g/mol. The average Bonchev–Trinajstić information content (AvgIpc) is 2.36. The van der Waals surface area contributed by atoms with Crippen LogP contribution in [0.1, 0.15) is 16.8 Å². The Kier molecular flexibility index (Phi) is 4.49. The molecule has 20 heavy (non-hydrogen) atoms. The van der Waals surface area contributed by atoms with E-state index in [1.165, 1.54) is 0 Å². The second-order valence-electron chi connectivity index (χ2n) is 4.82. The normalized spacial score (nSPS) is 18.9. The van der Waals surface area contributed by atoms with Gasteiger partial charge in [-0.3, -0.25) is 4.79 Å². The van der Waals surface area contributed by atoms with Crippen molar-refractivity contribution < 1.29 is 22.0 Å². The van der Waals surface area contributed by atoms with Crippen molar-refractivity contribution in [3.05, 3.63) is 35.4 Å². The number of carbonyl (C=O) groups is 1. The van der Waals surface area contributed by atoms with E-state index in [0.29, 0.717) is 25.7 Å². The predicted octanol–water partition coefficient (Wildman–Crippen LogP) is 1.27. The van der Waals surface area contributed by atoms with Crippen LogP contribution < -0.4 is 0 Å². The summed E-state index contributed by atoms with van der Waals surface area (Å²) >= 11 is 0. The fourth-order valence-corrected chi connectivity index (χ4v) is 3.37. The zero-order chi connectivity index (χ0) is 14.8. The summed E-state index contributed by atoms with van der Waals surface area (Å²) in [7, 11) is -2.94. The number of nitrogens with zero attached hydrogens (tertiary/aromatic N) is 1. The van der Waals surface area contributed by atoms with Crippen LogP contribution in [0.4, 0.5) is 8.78 Å². The van der Waals surface area contributed by atoms with Gasteiger partial charge in [-0.2, -0.15) is 0 Å². The standard InChI is InChI=1S/C13H15F2NO3S/c14-11-7-10(8-12(15)9-11)13(17)1-2-16-3-5-20(18,19)6-4-16/h7-9H,1-6H2. The minimum Gasteiger partial charge on any atom is -0.301 e. The number of Topliss-reactive ketones (excluding diaryl/α,β-unsaturated/α-hetero) is 1. The predicted molar refractivity (Wildman–Crippen MR) is 70.4 cm³/mol. The van der Waals surface area contributed by atoms with Crippen LogP contribution in [-0.2, 0) is 9.84 Å². The van der Waals surface area contributed by atoms with Gasteiger partial charge in [-0.05, 0) is 12.1 Å². The molecule has 1 heterocycles. The number of benzene rings is 1. The number of ketones is 1. The second-order valence-corrected chi connectivity index (χ2v) is 7.13. The molecule has 2 rings (SSSR count). The van der Waals surface area contributed by atoms with Gasteiger partial charge in [-0.1, -0.05) is 0 Å². The van der Waals surface area contributed by atoms with Gasteiger partial charge in [0.1, 0.15) is 11.6 Å². The van der Waals surface area contributed by atoms with Gasteiger partial charge in [0, 0.05) is 37.7 Å². The first-order chi connectivity index (χ1) is 9.35. The van der Waals surface area contributed by atoms with Crippen LogP contribution in [0.15, 0.2) is 18.2 Å². The molecule has 0 N–H and O–H groups in total. The molecule has 4 nitrogen and oxygen atoms in total. The molecular formula is C13H15F2NO3S. The molecule has 1 saturated heterocycles. The highest BCUT2D eigenvalue weighted by Gasteiger charge is 2.22. The Labute approximate surface area is 116 Å². The molecule has 0 amide bonds. The Morgan fingerprint density at radius 2 is 1.65 bits per heavy atom. The molecule has 1 aliphatic heterocycles. The third kappa shape index (κ3) is 4.08. The first-order valence-electron chi connectivity index (χ1n) is 6.28. The monoisotopic (exact) mass is 303 g/mol. The molecule has 0 radical (unpaired) electrons. The van der Waals surface area contributed by atoms with E-state index in [9.17, 15) is 22.0 Å². The smallest absolute Gasteiger partial charge is 0.164 e. The van der Waals surface area contributed by atoms with Gasteiger partial charge in [0.2, 0.25) is 0 Å². The first-order valence-corrected chi connectivity index (χ1v) is 8.10. The van der Waals surface area contributed by atoms with E-state index in [1.54, 1.807) is 0 Å². The molecule has 0 atom stereocenters. The van der Waals surface area contributed by atoms with Crippen molar-refractivity contribution >= 4 is 15.6 Å². The van der Waals surface area contributed by atoms with E-state index >= 15 is 0 Å². The van der Waals surface area contributed by atoms with Crippen molar-refractivity contribution in [2.24, 2.45) is 0 Å². The van der Waals surface area contributed by atoms with Gasteiger partial charge < -0.3 is 4.90 Å². The number of hydrogen-bond donors (Lipinski definition) is 0. The Bertz CT molecular complexity index is 582. The molecule has 0 unspecified atom stereocenters. The number of hydrogen-bond acceptors (Lipinski definition) is 4. The van der Waals surface area contributed by atoms with Crippen LogP contribution >= 0.6 is 0 Å². The topological polar surface area (TPSA) is 54.5 Å². The molecule has 110 valence electrons. The fourth-order valence-electron chi connectivity index (χ4n) is 2.09. The maximum atomic E-state index is 13.0. The molecule has 0 bridgehead atoms. The van der Waals surface area contributed by atoms with Gasteiger partial charge in [-0.15, -0.1) is 0 Å². The van der Waals surface area contributed by atoms with Gasteiger partial charge in [0.05, 0.1) is 11.5 Å². The Balaban J connectivity index is 1.89. The summed E-state index contributed by atoms with van der Waals surface area (Å²) in [4.78, 5) is 13.7. The quantitative estimate of drug-likeness (QED) is 0.786. The SMILES string of the molecule is O=C(CCN1CCS(=O)(=O)CC1)c1cc(F)cc(F)c1. The zero-order valence-corrected chi connectivity index (χ0v) is 11.6. The third-order valence-electron chi connectivity index (χ3n) is 3.28. The molecule has 0 saturated carbocycles.